The zero-order valence-corrected chi connectivity index (χ0v) is 20.4. The lowest BCUT2D eigenvalue weighted by Crippen LogP contribution is -2.30. The van der Waals surface area contributed by atoms with Crippen LogP contribution in [0.1, 0.15) is 22.3 Å². The number of nitrogens with one attached hydrogen (secondary N) is 1. The summed E-state index contributed by atoms with van der Waals surface area (Å²) in [6, 6.07) is 16.1. The lowest BCUT2D eigenvalue weighted by Gasteiger charge is -2.22. The van der Waals surface area contributed by atoms with Gasteiger partial charge in [0.25, 0.3) is 5.91 Å². The molecular weight excluding hydrogens is 483 g/mol. The summed E-state index contributed by atoms with van der Waals surface area (Å²) in [5.74, 6) is 0.699. The number of rotatable bonds is 5. The van der Waals surface area contributed by atoms with Crippen molar-refractivity contribution >= 4 is 38.7 Å². The van der Waals surface area contributed by atoms with Crippen molar-refractivity contribution in [2.75, 3.05) is 24.2 Å². The van der Waals surface area contributed by atoms with Crippen LogP contribution in [-0.2, 0) is 10.0 Å². The standard InChI is InChI=1S/C27H23FN2O5S/c1-29-27(31)25-22-15-18-5-3-4-14-30(36(2,32)33)23(18)16-24(22)35-26(25)17-6-10-20(11-7-17)34-21-12-8-19(28)9-13-21/h3,5-13,15-16H,4,14H2,1-2H3,(H,29,31). The van der Waals surface area contributed by atoms with Crippen LogP contribution >= 0.6 is 0 Å². The van der Waals surface area contributed by atoms with Crippen LogP contribution in [0.4, 0.5) is 10.1 Å². The molecule has 5 rings (SSSR count). The van der Waals surface area contributed by atoms with Gasteiger partial charge in [0.2, 0.25) is 10.0 Å². The van der Waals surface area contributed by atoms with Crippen LogP contribution in [-0.4, -0.2) is 34.2 Å². The summed E-state index contributed by atoms with van der Waals surface area (Å²) in [6.07, 6.45) is 5.52. The van der Waals surface area contributed by atoms with Crippen molar-refractivity contribution in [1.29, 1.82) is 0 Å². The molecule has 0 unspecified atom stereocenters. The molecule has 7 nitrogen and oxygen atoms in total. The molecule has 0 bridgehead atoms. The van der Waals surface area contributed by atoms with Gasteiger partial charge in [-0.3, -0.25) is 9.10 Å². The van der Waals surface area contributed by atoms with Crippen LogP contribution in [0.25, 0.3) is 28.4 Å². The second-order valence-electron chi connectivity index (χ2n) is 8.40. The van der Waals surface area contributed by atoms with E-state index in [1.165, 1.54) is 34.8 Å². The molecule has 1 amide bonds. The van der Waals surface area contributed by atoms with Gasteiger partial charge >= 0.3 is 0 Å². The van der Waals surface area contributed by atoms with E-state index in [4.69, 9.17) is 9.15 Å². The van der Waals surface area contributed by atoms with Crippen molar-refractivity contribution < 1.29 is 26.8 Å². The number of halogens is 1. The van der Waals surface area contributed by atoms with Crippen LogP contribution < -0.4 is 14.4 Å². The molecule has 0 radical (unpaired) electrons. The van der Waals surface area contributed by atoms with Gasteiger partial charge in [0.15, 0.2) is 0 Å². The summed E-state index contributed by atoms with van der Waals surface area (Å²) >= 11 is 0. The number of carbonyl (C=O) groups is 1. The Kier molecular flexibility index (Phi) is 6.01. The summed E-state index contributed by atoms with van der Waals surface area (Å²) in [5, 5.41) is 3.24. The number of carbonyl (C=O) groups excluding carboxylic acids is 1. The number of sulfonamides is 1. The molecular formula is C27H23FN2O5S. The van der Waals surface area contributed by atoms with E-state index >= 15 is 0 Å². The van der Waals surface area contributed by atoms with Crippen LogP contribution in [0.5, 0.6) is 11.5 Å². The quantitative estimate of drug-likeness (QED) is 0.382. The minimum atomic E-state index is -3.50. The number of nitrogens with zero attached hydrogens (tertiary/aromatic N) is 1. The van der Waals surface area contributed by atoms with Gasteiger partial charge in [0.1, 0.15) is 28.7 Å². The van der Waals surface area contributed by atoms with Crippen LogP contribution in [0.3, 0.4) is 0 Å². The molecule has 2 heterocycles. The first kappa shape index (κ1) is 23.6. The van der Waals surface area contributed by atoms with Gasteiger partial charge in [0.05, 0.1) is 17.5 Å². The highest BCUT2D eigenvalue weighted by Crippen LogP contribution is 2.39. The number of hydrogen-bond acceptors (Lipinski definition) is 5. The maximum absolute atomic E-state index is 13.1. The van der Waals surface area contributed by atoms with E-state index in [2.05, 4.69) is 5.32 Å². The van der Waals surface area contributed by atoms with Gasteiger partial charge in [-0.1, -0.05) is 12.2 Å². The number of fused-ring (bicyclic) bond motifs is 2. The molecule has 1 aliphatic rings. The number of furan rings is 1. The molecule has 4 aromatic rings. The third-order valence-corrected chi connectivity index (χ3v) is 7.10. The van der Waals surface area contributed by atoms with Gasteiger partial charge in [-0.25, -0.2) is 12.8 Å². The number of anilines is 1. The second-order valence-corrected chi connectivity index (χ2v) is 10.3. The van der Waals surface area contributed by atoms with Crippen LogP contribution in [0.15, 0.2) is 71.2 Å². The van der Waals surface area contributed by atoms with E-state index in [0.29, 0.717) is 63.6 Å². The van der Waals surface area contributed by atoms with Crippen LogP contribution in [0.2, 0.25) is 0 Å². The molecule has 3 aromatic carbocycles. The van der Waals surface area contributed by atoms with Crippen molar-refractivity contribution in [3.05, 3.63) is 83.7 Å². The SMILES string of the molecule is CNC(=O)c1c(-c2ccc(Oc3ccc(F)cc3)cc2)oc2cc3c(cc12)C=CCCN3S(C)(=O)=O. The summed E-state index contributed by atoms with van der Waals surface area (Å²) in [7, 11) is -1.96. The Labute approximate surface area is 207 Å². The normalized spacial score (nSPS) is 13.4. The molecule has 0 atom stereocenters. The number of hydrogen-bond donors (Lipinski definition) is 1. The van der Waals surface area contributed by atoms with E-state index in [-0.39, 0.29) is 11.7 Å². The number of benzene rings is 3. The fourth-order valence-corrected chi connectivity index (χ4v) is 5.18. The van der Waals surface area contributed by atoms with Gasteiger partial charge < -0.3 is 14.5 Å². The van der Waals surface area contributed by atoms with Crippen molar-refractivity contribution in [1.82, 2.24) is 5.32 Å². The molecule has 36 heavy (non-hydrogen) atoms. The molecule has 0 aliphatic carbocycles. The maximum Gasteiger partial charge on any atom is 0.255 e. The van der Waals surface area contributed by atoms with Crippen LogP contribution in [0, 0.1) is 5.82 Å². The van der Waals surface area contributed by atoms with E-state index < -0.39 is 10.0 Å². The molecule has 0 spiro atoms. The van der Waals surface area contributed by atoms with Crippen molar-refractivity contribution in [2.45, 2.75) is 6.42 Å². The predicted octanol–water partition coefficient (Wildman–Crippen LogP) is 5.57. The zero-order chi connectivity index (χ0) is 25.4. The highest BCUT2D eigenvalue weighted by atomic mass is 32.2. The Morgan fingerprint density at radius 2 is 1.72 bits per heavy atom. The maximum atomic E-state index is 13.1. The predicted molar refractivity (Wildman–Crippen MR) is 137 cm³/mol. The fourth-order valence-electron chi connectivity index (χ4n) is 4.23. The minimum Gasteiger partial charge on any atom is -0.457 e. The monoisotopic (exact) mass is 506 g/mol. The fraction of sp³-hybridized carbons (Fsp3) is 0.148. The lowest BCUT2D eigenvalue weighted by atomic mass is 10.0. The largest absolute Gasteiger partial charge is 0.457 e. The Morgan fingerprint density at radius 3 is 2.36 bits per heavy atom. The van der Waals surface area contributed by atoms with Crippen molar-refractivity contribution in [3.63, 3.8) is 0 Å². The summed E-state index contributed by atoms with van der Waals surface area (Å²) in [5.41, 5.74) is 2.59. The molecule has 1 aliphatic heterocycles. The van der Waals surface area contributed by atoms with E-state index in [1.807, 2.05) is 12.2 Å². The average molecular weight is 507 g/mol. The Morgan fingerprint density at radius 1 is 1.06 bits per heavy atom. The molecule has 184 valence electrons. The first-order valence-corrected chi connectivity index (χ1v) is 13.1. The molecule has 0 saturated heterocycles. The third kappa shape index (κ3) is 4.45. The first-order valence-electron chi connectivity index (χ1n) is 11.3. The Bertz CT molecular complexity index is 1590. The lowest BCUT2D eigenvalue weighted by molar-refractivity contribution is 0.0964. The highest BCUT2D eigenvalue weighted by Gasteiger charge is 2.26. The van der Waals surface area contributed by atoms with Crippen molar-refractivity contribution in [3.8, 4) is 22.8 Å². The topological polar surface area (TPSA) is 88.8 Å². The van der Waals surface area contributed by atoms with Gasteiger partial charge in [-0.2, -0.15) is 0 Å². The number of ether oxygens (including phenoxy) is 1. The van der Waals surface area contributed by atoms with Gasteiger partial charge in [0, 0.05) is 30.6 Å². The Balaban J connectivity index is 1.60. The third-order valence-electron chi connectivity index (χ3n) is 5.92. The molecule has 1 aromatic heterocycles. The molecule has 0 saturated carbocycles. The van der Waals surface area contributed by atoms with Crippen molar-refractivity contribution in [2.24, 2.45) is 0 Å². The second kappa shape index (κ2) is 9.16. The van der Waals surface area contributed by atoms with E-state index in [1.54, 1.807) is 43.4 Å². The smallest absolute Gasteiger partial charge is 0.255 e. The molecule has 0 fully saturated rings. The molecule has 1 N–H and O–H groups in total. The van der Waals surface area contributed by atoms with Gasteiger partial charge in [-0.15, -0.1) is 0 Å². The minimum absolute atomic E-state index is 0.319. The Hall–Kier alpha value is -4.11. The van der Waals surface area contributed by atoms with E-state index in [9.17, 15) is 17.6 Å². The summed E-state index contributed by atoms with van der Waals surface area (Å²) < 4.78 is 51.3. The zero-order valence-electron chi connectivity index (χ0n) is 19.6. The highest BCUT2D eigenvalue weighted by molar-refractivity contribution is 7.92. The molecule has 9 heteroatoms. The average Bonchev–Trinajstić information content (AvgIpc) is 3.08. The van der Waals surface area contributed by atoms with E-state index in [0.717, 1.165) is 0 Å². The summed E-state index contributed by atoms with van der Waals surface area (Å²) in [6.45, 7) is 0.319. The van der Waals surface area contributed by atoms with Gasteiger partial charge in [-0.05, 0) is 66.6 Å². The summed E-state index contributed by atoms with van der Waals surface area (Å²) in [4.78, 5) is 12.9. The number of amides is 1. The first-order chi connectivity index (χ1) is 17.2.